The number of alkyl carbamates (subject to hydrolysis) is 2. The van der Waals surface area contributed by atoms with Gasteiger partial charge in [0.2, 0.25) is 11.8 Å². The second-order valence-electron chi connectivity index (χ2n) is 17.0. The first-order valence-electron chi connectivity index (χ1n) is 21.5. The van der Waals surface area contributed by atoms with E-state index in [-0.39, 0.29) is 30.3 Å². The van der Waals surface area contributed by atoms with Crippen molar-refractivity contribution in [2.24, 2.45) is 5.92 Å². The van der Waals surface area contributed by atoms with Crippen LogP contribution in [-0.2, 0) is 46.1 Å². The Morgan fingerprint density at radius 2 is 1.35 bits per heavy atom. The van der Waals surface area contributed by atoms with E-state index in [0.717, 1.165) is 71.4 Å². The maximum atomic E-state index is 14.0. The van der Waals surface area contributed by atoms with Crippen molar-refractivity contribution in [3.8, 4) is 33.6 Å². The summed E-state index contributed by atoms with van der Waals surface area (Å²) in [4.78, 5) is 67.9. The van der Waals surface area contributed by atoms with Crippen molar-refractivity contribution < 1.29 is 42.9 Å². The summed E-state index contributed by atoms with van der Waals surface area (Å²) in [5, 5.41) is 5.39. The van der Waals surface area contributed by atoms with Crippen LogP contribution < -0.4 is 10.6 Å². The average Bonchev–Trinajstić information content (AvgIpc) is 4.16. The number of amides is 4. The molecule has 1 unspecified atom stereocenters. The van der Waals surface area contributed by atoms with Crippen LogP contribution in [-0.4, -0.2) is 120 Å². The van der Waals surface area contributed by atoms with Crippen LogP contribution in [0.4, 0.5) is 9.59 Å². The molecule has 4 amide bonds. The van der Waals surface area contributed by atoms with E-state index in [1.165, 1.54) is 32.5 Å². The molecule has 3 saturated heterocycles. The number of benzene rings is 2. The Kier molecular flexibility index (Phi) is 12.4. The molecule has 5 atom stereocenters. The predicted molar refractivity (Wildman–Crippen MR) is 229 cm³/mol. The molecule has 0 saturated carbocycles. The summed E-state index contributed by atoms with van der Waals surface area (Å²) in [7, 11) is 4.08. The molecule has 3 aliphatic heterocycles. The third-order valence-corrected chi connectivity index (χ3v) is 12.9. The van der Waals surface area contributed by atoms with Gasteiger partial charge in [0, 0.05) is 31.5 Å². The summed E-state index contributed by atoms with van der Waals surface area (Å²) in [5.74, 6) is -0.956. The lowest BCUT2D eigenvalue weighted by Crippen LogP contribution is -2.54. The van der Waals surface area contributed by atoms with Gasteiger partial charge in [-0.3, -0.25) is 9.59 Å². The van der Waals surface area contributed by atoms with E-state index in [0.29, 0.717) is 32.0 Å². The molecule has 0 radical (unpaired) electrons. The van der Waals surface area contributed by atoms with Gasteiger partial charge in [0.1, 0.15) is 17.9 Å². The van der Waals surface area contributed by atoms with Gasteiger partial charge in [-0.25, -0.2) is 14.6 Å². The van der Waals surface area contributed by atoms with Crippen LogP contribution in [0.25, 0.3) is 33.6 Å². The zero-order valence-corrected chi connectivity index (χ0v) is 36.2. The van der Waals surface area contributed by atoms with Crippen molar-refractivity contribution in [3.05, 3.63) is 77.4 Å². The molecular formula is C46H57N7O9. The standard InChI is InChI=1S/C46H57N7O9/c1-26(2)37(50-44(56)59-5)42(54)53-25-46(61-21-22-62-46)23-36(53)41-47-24-34(48-41)30-16-12-28(13-17-30)29-14-18-31(19-15-29)39-32-9-7-10-33(32)40(49-39)35-11-8-20-52(35)43(55)38(27(3)58-4)51-45(57)60-6/h12-19,24,26-27,35-38,49H,7-11,20-23,25H2,1-6H3,(H,47,48)(H,50,56)(H,51,57)/t27-,35-,36+,37-,38?/m1/s1. The van der Waals surface area contributed by atoms with E-state index < -0.39 is 42.2 Å². The highest BCUT2D eigenvalue weighted by Gasteiger charge is 2.53. The van der Waals surface area contributed by atoms with E-state index in [9.17, 15) is 19.2 Å². The summed E-state index contributed by atoms with van der Waals surface area (Å²) in [6.45, 7) is 7.21. The minimum Gasteiger partial charge on any atom is -0.453 e. The molecule has 62 heavy (non-hydrogen) atoms. The number of aromatic amines is 2. The number of fused-ring (bicyclic) bond motifs is 1. The van der Waals surface area contributed by atoms with Gasteiger partial charge in [-0.1, -0.05) is 62.4 Å². The Hall–Kier alpha value is -5.71. The molecule has 0 bridgehead atoms. The van der Waals surface area contributed by atoms with Crippen LogP contribution >= 0.6 is 0 Å². The van der Waals surface area contributed by atoms with Crippen molar-refractivity contribution in [1.29, 1.82) is 0 Å². The monoisotopic (exact) mass is 851 g/mol. The lowest BCUT2D eigenvalue weighted by molar-refractivity contribution is -0.153. The molecule has 1 spiro atoms. The fourth-order valence-electron chi connectivity index (χ4n) is 9.57. The summed E-state index contributed by atoms with van der Waals surface area (Å²) in [6.07, 6.45) is 4.98. The quantitative estimate of drug-likeness (QED) is 0.131. The molecule has 4 aromatic rings. The second kappa shape index (κ2) is 17.9. The van der Waals surface area contributed by atoms with Gasteiger partial charge >= 0.3 is 12.2 Å². The van der Waals surface area contributed by atoms with Crippen molar-refractivity contribution >= 4 is 24.0 Å². The van der Waals surface area contributed by atoms with Crippen molar-refractivity contribution in [1.82, 2.24) is 35.4 Å². The summed E-state index contributed by atoms with van der Waals surface area (Å²) >= 11 is 0. The fraction of sp³-hybridized carbons (Fsp3) is 0.500. The number of nitrogens with zero attached hydrogens (tertiary/aromatic N) is 3. The van der Waals surface area contributed by atoms with Crippen LogP contribution in [0.15, 0.2) is 54.7 Å². The third-order valence-electron chi connectivity index (χ3n) is 12.9. The van der Waals surface area contributed by atoms with Gasteiger partial charge in [-0.2, -0.15) is 0 Å². The topological polar surface area (TPSA) is 189 Å². The molecule has 16 nitrogen and oxygen atoms in total. The predicted octanol–water partition coefficient (Wildman–Crippen LogP) is 6.05. The fourth-order valence-corrected chi connectivity index (χ4v) is 9.57. The lowest BCUT2D eigenvalue weighted by Gasteiger charge is -2.31. The zero-order chi connectivity index (χ0) is 43.7. The molecule has 3 fully saturated rings. The average molecular weight is 852 g/mol. The Balaban J connectivity index is 0.985. The van der Waals surface area contributed by atoms with Gasteiger partial charge < -0.3 is 54.1 Å². The van der Waals surface area contributed by atoms with Gasteiger partial charge in [-0.15, -0.1) is 0 Å². The number of carbonyl (C=O) groups excluding carboxylic acids is 4. The summed E-state index contributed by atoms with van der Waals surface area (Å²) < 4.78 is 27.2. The lowest BCUT2D eigenvalue weighted by atomic mass is 9.99. The van der Waals surface area contributed by atoms with Crippen LogP contribution in [0.5, 0.6) is 0 Å². The highest BCUT2D eigenvalue weighted by molar-refractivity contribution is 5.88. The van der Waals surface area contributed by atoms with E-state index >= 15 is 0 Å². The smallest absolute Gasteiger partial charge is 0.407 e. The van der Waals surface area contributed by atoms with Crippen molar-refractivity contribution in [3.63, 3.8) is 0 Å². The minimum absolute atomic E-state index is 0.128. The molecule has 16 heteroatoms. The molecule has 2 aromatic heterocycles. The van der Waals surface area contributed by atoms with Crippen LogP contribution in [0.2, 0.25) is 0 Å². The van der Waals surface area contributed by atoms with Crippen LogP contribution in [0.3, 0.4) is 0 Å². The zero-order valence-electron chi connectivity index (χ0n) is 36.2. The number of ether oxygens (including phenoxy) is 5. The van der Waals surface area contributed by atoms with Gasteiger partial charge in [-0.05, 0) is 78.3 Å². The first kappa shape index (κ1) is 43.0. The number of aromatic nitrogens is 3. The van der Waals surface area contributed by atoms with Crippen LogP contribution in [0, 0.1) is 5.92 Å². The number of carbonyl (C=O) groups is 4. The number of imidazole rings is 1. The number of hydrogen-bond acceptors (Lipinski definition) is 10. The Bertz CT molecular complexity index is 2260. The number of methoxy groups -OCH3 is 3. The molecule has 330 valence electrons. The Morgan fingerprint density at radius 1 is 0.758 bits per heavy atom. The highest BCUT2D eigenvalue weighted by Crippen LogP contribution is 2.44. The van der Waals surface area contributed by atoms with E-state index in [1.807, 2.05) is 18.7 Å². The first-order chi connectivity index (χ1) is 29.9. The molecule has 8 rings (SSSR count). The maximum absolute atomic E-state index is 14.0. The van der Waals surface area contributed by atoms with Gasteiger partial charge in [0.25, 0.3) is 0 Å². The van der Waals surface area contributed by atoms with Crippen LogP contribution in [0.1, 0.15) is 81.2 Å². The third kappa shape index (κ3) is 8.30. The van der Waals surface area contributed by atoms with Crippen molar-refractivity contribution in [2.45, 2.75) is 95.4 Å². The number of hydrogen-bond donors (Lipinski definition) is 4. The minimum atomic E-state index is -0.934. The molecule has 1 aliphatic carbocycles. The second-order valence-corrected chi connectivity index (χ2v) is 17.0. The van der Waals surface area contributed by atoms with Gasteiger partial charge in [0.05, 0.1) is 64.1 Å². The van der Waals surface area contributed by atoms with E-state index in [4.69, 9.17) is 28.7 Å². The molecule has 4 aliphatic rings. The number of nitrogens with one attached hydrogen (secondary N) is 4. The van der Waals surface area contributed by atoms with Crippen molar-refractivity contribution in [2.75, 3.05) is 47.6 Å². The molecule has 4 N–H and O–H groups in total. The number of likely N-dealkylation sites (tertiary alicyclic amines) is 2. The van der Waals surface area contributed by atoms with E-state index in [1.54, 1.807) is 18.0 Å². The molecular weight excluding hydrogens is 795 g/mol. The SMILES string of the molecule is COC(=O)NC(C(=O)N1CCC[C@@H]1c1[nH]c(-c2ccc(-c3ccc(-c4cnc([C@@H]5CC6(CN5C(=O)[C@H](NC(=O)OC)C(C)C)OCCO6)[nH]4)cc3)cc2)c2c1CCC2)[C@@H](C)OC. The summed E-state index contributed by atoms with van der Waals surface area (Å²) in [6, 6.07) is 14.6. The maximum Gasteiger partial charge on any atom is 0.407 e. The number of rotatable bonds is 12. The summed E-state index contributed by atoms with van der Waals surface area (Å²) in [5.41, 5.74) is 9.75. The largest absolute Gasteiger partial charge is 0.453 e. The number of H-pyrrole nitrogens is 2. The highest BCUT2D eigenvalue weighted by atomic mass is 16.7. The van der Waals surface area contributed by atoms with E-state index in [2.05, 4.69) is 69.1 Å². The Morgan fingerprint density at radius 3 is 1.98 bits per heavy atom. The molecule has 5 heterocycles. The van der Waals surface area contributed by atoms with Gasteiger partial charge in [0.15, 0.2) is 5.79 Å². The normalized spacial score (nSPS) is 20.6. The Labute approximate surface area is 361 Å². The molecule has 2 aromatic carbocycles. The first-order valence-corrected chi connectivity index (χ1v) is 21.5.